The van der Waals surface area contributed by atoms with Gasteiger partial charge in [0.2, 0.25) is 0 Å². The van der Waals surface area contributed by atoms with Crippen molar-refractivity contribution in [2.24, 2.45) is 23.7 Å². The van der Waals surface area contributed by atoms with Gasteiger partial charge in [-0.15, -0.1) is 0 Å². The first-order valence-electron chi connectivity index (χ1n) is 5.35. The molecule has 2 N–H and O–H groups in total. The van der Waals surface area contributed by atoms with E-state index in [1.165, 1.54) is 6.42 Å². The van der Waals surface area contributed by atoms with E-state index in [9.17, 15) is 5.11 Å². The lowest BCUT2D eigenvalue weighted by molar-refractivity contribution is -0.0232. The molecule has 0 spiro atoms. The molecule has 0 aromatic carbocycles. The van der Waals surface area contributed by atoms with Crippen molar-refractivity contribution in [1.82, 2.24) is 0 Å². The summed E-state index contributed by atoms with van der Waals surface area (Å²) in [7, 11) is 0. The summed E-state index contributed by atoms with van der Waals surface area (Å²) in [5.41, 5.74) is 0. The smallest absolute Gasteiger partial charge is 0.0576 e. The first kappa shape index (κ1) is 11.0. The second-order valence-corrected chi connectivity index (χ2v) is 4.86. The molecule has 0 saturated heterocycles. The average Bonchev–Trinajstić information content (AvgIpc) is 2.02. The maximum absolute atomic E-state index is 9.90. The Bertz CT molecular complexity index is 146. The van der Waals surface area contributed by atoms with E-state index in [1.807, 2.05) is 6.92 Å². The molecule has 0 amide bonds. The first-order valence-corrected chi connectivity index (χ1v) is 5.35. The maximum Gasteiger partial charge on any atom is 0.0576 e. The van der Waals surface area contributed by atoms with Crippen LogP contribution >= 0.6 is 0 Å². The molecule has 0 heterocycles. The monoisotopic (exact) mass is 186 g/mol. The fourth-order valence-electron chi connectivity index (χ4n) is 2.90. The average molecular weight is 186 g/mol. The van der Waals surface area contributed by atoms with E-state index >= 15 is 0 Å². The Labute approximate surface area is 81.0 Å². The van der Waals surface area contributed by atoms with E-state index in [4.69, 9.17) is 5.11 Å². The van der Waals surface area contributed by atoms with Gasteiger partial charge in [0.25, 0.3) is 0 Å². The minimum Gasteiger partial charge on any atom is -0.396 e. The fourth-order valence-corrected chi connectivity index (χ4v) is 2.90. The molecule has 1 aliphatic carbocycles. The largest absolute Gasteiger partial charge is 0.396 e. The highest BCUT2D eigenvalue weighted by molar-refractivity contribution is 4.85. The maximum atomic E-state index is 9.90. The quantitative estimate of drug-likeness (QED) is 0.688. The minimum absolute atomic E-state index is 0.195. The highest BCUT2D eigenvalue weighted by Crippen LogP contribution is 2.37. The molecular formula is C11H22O2. The van der Waals surface area contributed by atoms with Gasteiger partial charge in [0.1, 0.15) is 0 Å². The van der Waals surface area contributed by atoms with Crippen LogP contribution in [0.3, 0.4) is 0 Å². The molecule has 0 aliphatic heterocycles. The van der Waals surface area contributed by atoms with Crippen molar-refractivity contribution in [3.05, 3.63) is 0 Å². The molecule has 1 fully saturated rings. The molecule has 2 heteroatoms. The van der Waals surface area contributed by atoms with E-state index in [1.54, 1.807) is 0 Å². The highest BCUT2D eigenvalue weighted by Gasteiger charge is 2.35. The number of aliphatic hydroxyl groups excluding tert-OH is 2. The van der Waals surface area contributed by atoms with Crippen LogP contribution in [0.5, 0.6) is 0 Å². The van der Waals surface area contributed by atoms with Crippen LogP contribution < -0.4 is 0 Å². The predicted molar refractivity (Wildman–Crippen MR) is 53.3 cm³/mol. The van der Waals surface area contributed by atoms with Crippen molar-refractivity contribution in [2.45, 2.75) is 39.7 Å². The van der Waals surface area contributed by atoms with Crippen molar-refractivity contribution in [1.29, 1.82) is 0 Å². The molecule has 0 bridgehead atoms. The second-order valence-electron chi connectivity index (χ2n) is 4.86. The Kier molecular flexibility index (Phi) is 3.74. The van der Waals surface area contributed by atoms with Crippen molar-refractivity contribution in [3.8, 4) is 0 Å². The first-order chi connectivity index (χ1) is 6.06. The molecule has 1 rings (SSSR count). The van der Waals surface area contributed by atoms with Crippen molar-refractivity contribution < 1.29 is 10.2 Å². The van der Waals surface area contributed by atoms with Crippen LogP contribution in [-0.4, -0.2) is 22.9 Å². The molecule has 1 saturated carbocycles. The number of hydrogen-bond donors (Lipinski definition) is 2. The van der Waals surface area contributed by atoms with Crippen LogP contribution in [-0.2, 0) is 0 Å². The van der Waals surface area contributed by atoms with Gasteiger partial charge in [-0.2, -0.15) is 0 Å². The lowest BCUT2D eigenvalue weighted by Gasteiger charge is -2.39. The van der Waals surface area contributed by atoms with Crippen LogP contribution in [0.1, 0.15) is 33.6 Å². The van der Waals surface area contributed by atoms with Gasteiger partial charge in [0.05, 0.1) is 6.10 Å². The zero-order valence-electron chi connectivity index (χ0n) is 8.90. The van der Waals surface area contributed by atoms with Crippen LogP contribution in [0.2, 0.25) is 0 Å². The summed E-state index contributed by atoms with van der Waals surface area (Å²) in [5, 5.41) is 19.0. The summed E-state index contributed by atoms with van der Waals surface area (Å²) in [6, 6.07) is 0. The van der Waals surface area contributed by atoms with Gasteiger partial charge in [-0.25, -0.2) is 0 Å². The zero-order valence-corrected chi connectivity index (χ0v) is 8.90. The summed E-state index contributed by atoms with van der Waals surface area (Å²) in [4.78, 5) is 0. The number of hydrogen-bond acceptors (Lipinski definition) is 2. The van der Waals surface area contributed by atoms with Gasteiger partial charge in [-0.05, 0) is 36.5 Å². The molecule has 3 unspecified atom stereocenters. The van der Waals surface area contributed by atoms with Gasteiger partial charge < -0.3 is 10.2 Å². The Morgan fingerprint density at radius 1 is 1.31 bits per heavy atom. The van der Waals surface area contributed by atoms with Crippen LogP contribution in [0, 0.1) is 23.7 Å². The summed E-state index contributed by atoms with van der Waals surface area (Å²) in [5.74, 6) is 1.70. The van der Waals surface area contributed by atoms with E-state index in [2.05, 4.69) is 13.8 Å². The van der Waals surface area contributed by atoms with E-state index in [0.717, 1.165) is 6.42 Å². The standard InChI is InChI=1S/C11H22O2/c1-7-4-8(2)11(9(3)6-12)10(13)5-7/h7-13H,4-6H2,1-3H3/t7?,8?,9?,10-,11+/m1/s1. The van der Waals surface area contributed by atoms with Crippen molar-refractivity contribution in [2.75, 3.05) is 6.61 Å². The Morgan fingerprint density at radius 2 is 1.92 bits per heavy atom. The minimum atomic E-state index is -0.208. The fraction of sp³-hybridized carbons (Fsp3) is 1.00. The molecule has 0 aromatic rings. The number of rotatable bonds is 2. The summed E-state index contributed by atoms with van der Waals surface area (Å²) >= 11 is 0. The molecule has 2 nitrogen and oxygen atoms in total. The summed E-state index contributed by atoms with van der Waals surface area (Å²) in [6.45, 7) is 6.61. The molecule has 0 radical (unpaired) electrons. The highest BCUT2D eigenvalue weighted by atomic mass is 16.3. The van der Waals surface area contributed by atoms with E-state index in [-0.39, 0.29) is 18.6 Å². The van der Waals surface area contributed by atoms with E-state index < -0.39 is 0 Å². The van der Waals surface area contributed by atoms with Crippen molar-refractivity contribution in [3.63, 3.8) is 0 Å². The Balaban J connectivity index is 2.61. The van der Waals surface area contributed by atoms with Gasteiger partial charge in [0.15, 0.2) is 0 Å². The van der Waals surface area contributed by atoms with E-state index in [0.29, 0.717) is 17.8 Å². The van der Waals surface area contributed by atoms with Crippen molar-refractivity contribution >= 4 is 0 Å². The van der Waals surface area contributed by atoms with Crippen LogP contribution in [0.4, 0.5) is 0 Å². The Hall–Kier alpha value is -0.0800. The third-order valence-corrected chi connectivity index (χ3v) is 3.46. The molecular weight excluding hydrogens is 164 g/mol. The Morgan fingerprint density at radius 3 is 2.38 bits per heavy atom. The van der Waals surface area contributed by atoms with Crippen LogP contribution in [0.25, 0.3) is 0 Å². The molecule has 13 heavy (non-hydrogen) atoms. The third kappa shape index (κ3) is 2.44. The van der Waals surface area contributed by atoms with Gasteiger partial charge in [-0.1, -0.05) is 20.8 Å². The summed E-state index contributed by atoms with van der Waals surface area (Å²) in [6.07, 6.45) is 1.88. The van der Waals surface area contributed by atoms with Gasteiger partial charge >= 0.3 is 0 Å². The van der Waals surface area contributed by atoms with Crippen LogP contribution in [0.15, 0.2) is 0 Å². The van der Waals surface area contributed by atoms with Gasteiger partial charge in [0, 0.05) is 6.61 Å². The second kappa shape index (κ2) is 4.43. The predicted octanol–water partition coefficient (Wildman–Crippen LogP) is 1.66. The molecule has 0 aromatic heterocycles. The molecule has 1 aliphatic rings. The normalized spacial score (nSPS) is 43.2. The lowest BCUT2D eigenvalue weighted by Crippen LogP contribution is -2.39. The SMILES string of the molecule is CC1CC(C)[C@@H](C(C)CO)[C@H](O)C1. The molecule has 78 valence electrons. The van der Waals surface area contributed by atoms with Gasteiger partial charge in [-0.3, -0.25) is 0 Å². The lowest BCUT2D eigenvalue weighted by atomic mass is 9.69. The number of aliphatic hydroxyl groups is 2. The third-order valence-electron chi connectivity index (χ3n) is 3.46. The molecule has 5 atom stereocenters. The topological polar surface area (TPSA) is 40.5 Å². The zero-order chi connectivity index (χ0) is 10.0. The summed E-state index contributed by atoms with van der Waals surface area (Å²) < 4.78 is 0.